The molecule has 0 aliphatic heterocycles. The van der Waals surface area contributed by atoms with Crippen LogP contribution in [-0.4, -0.2) is 21.9 Å². The van der Waals surface area contributed by atoms with Crippen molar-refractivity contribution in [1.82, 2.24) is 5.16 Å². The molecule has 0 spiro atoms. The van der Waals surface area contributed by atoms with E-state index in [4.69, 9.17) is 48.9 Å². The number of hydrogen-bond donors (Lipinski definition) is 1. The molecule has 1 fully saturated rings. The predicted molar refractivity (Wildman–Crippen MR) is 150 cm³/mol. The Bertz CT molecular complexity index is 1540. The number of carboxylic acid groups (broad SMARTS) is 1. The number of aromatic nitrogens is 1. The number of hydrogen-bond acceptors (Lipinski definition) is 6. The molecule has 0 unspecified atom stereocenters. The molecule has 1 aliphatic rings. The van der Waals surface area contributed by atoms with Crippen LogP contribution in [0, 0.1) is 0 Å². The molecule has 39 heavy (non-hydrogen) atoms. The Morgan fingerprint density at radius 3 is 2.44 bits per heavy atom. The number of carbonyl (C=O) groups is 1. The van der Waals surface area contributed by atoms with Crippen LogP contribution in [0.5, 0.6) is 5.75 Å². The predicted octanol–water partition coefficient (Wildman–Crippen LogP) is 8.40. The minimum Gasteiger partial charge on any atom is -0.489 e. The fraction of sp³-hybridized carbons (Fsp3) is 0.207. The van der Waals surface area contributed by atoms with Gasteiger partial charge in [0.15, 0.2) is 0 Å². The number of rotatable bonds is 10. The lowest BCUT2D eigenvalue weighted by atomic mass is 10.0. The van der Waals surface area contributed by atoms with Gasteiger partial charge in [0.05, 0.1) is 31.9 Å². The molecule has 1 N–H and O–H groups in total. The topological polar surface area (TPSA) is 94.2 Å². The molecule has 1 heterocycles. The van der Waals surface area contributed by atoms with Gasteiger partial charge in [0, 0.05) is 22.6 Å². The van der Waals surface area contributed by atoms with E-state index in [1.165, 1.54) is 6.07 Å². The maximum atomic E-state index is 11.4. The third kappa shape index (κ3) is 6.06. The van der Waals surface area contributed by atoms with Crippen molar-refractivity contribution in [3.63, 3.8) is 0 Å². The van der Waals surface area contributed by atoms with Crippen LogP contribution in [0.1, 0.15) is 58.5 Å². The van der Waals surface area contributed by atoms with Crippen molar-refractivity contribution in [3.05, 3.63) is 104 Å². The largest absolute Gasteiger partial charge is 0.489 e. The lowest BCUT2D eigenvalue weighted by Gasteiger charge is -2.11. The summed E-state index contributed by atoms with van der Waals surface area (Å²) in [4.78, 5) is 16.8. The van der Waals surface area contributed by atoms with Crippen molar-refractivity contribution >= 4 is 46.5 Å². The fourth-order valence-electron chi connectivity index (χ4n) is 4.19. The molecule has 0 radical (unpaired) electrons. The molecule has 0 atom stereocenters. The standard InChI is InChI=1S/C29H23Cl3N2O5/c1-16(33-38-14-18-5-2-3-6-21(18)29(35)36)20-12-11-19(13-25(20)32)37-15-22-27(34-39-28(22)17-9-10-17)26-23(30)7-4-8-24(26)31/h2-8,11-13,17H,9-10,14-15H2,1H3,(H,35,36)/b33-16+. The van der Waals surface area contributed by atoms with Crippen LogP contribution in [0.2, 0.25) is 15.1 Å². The molecular formula is C29H23Cl3N2O5. The maximum Gasteiger partial charge on any atom is 0.336 e. The summed E-state index contributed by atoms with van der Waals surface area (Å²) in [6, 6.07) is 17.2. The smallest absolute Gasteiger partial charge is 0.336 e. The van der Waals surface area contributed by atoms with Crippen LogP contribution in [0.25, 0.3) is 11.3 Å². The molecule has 1 aliphatic carbocycles. The van der Waals surface area contributed by atoms with Gasteiger partial charge >= 0.3 is 5.97 Å². The van der Waals surface area contributed by atoms with Crippen LogP contribution in [0.3, 0.4) is 0 Å². The summed E-state index contributed by atoms with van der Waals surface area (Å²) < 4.78 is 11.8. The third-order valence-electron chi connectivity index (χ3n) is 6.35. The summed E-state index contributed by atoms with van der Waals surface area (Å²) in [7, 11) is 0. The molecule has 10 heteroatoms. The second-order valence-corrected chi connectivity index (χ2v) is 10.3. The van der Waals surface area contributed by atoms with Gasteiger partial charge in [-0.25, -0.2) is 4.79 Å². The first-order valence-corrected chi connectivity index (χ1v) is 13.3. The first kappa shape index (κ1) is 27.1. The summed E-state index contributed by atoms with van der Waals surface area (Å²) in [6.07, 6.45) is 2.06. The van der Waals surface area contributed by atoms with Crippen LogP contribution < -0.4 is 4.74 Å². The molecule has 1 saturated carbocycles. The highest BCUT2D eigenvalue weighted by Gasteiger charge is 2.33. The van der Waals surface area contributed by atoms with Gasteiger partial charge in [0.2, 0.25) is 0 Å². The first-order chi connectivity index (χ1) is 18.8. The molecule has 0 amide bonds. The van der Waals surface area contributed by atoms with Crippen molar-refractivity contribution in [3.8, 4) is 17.0 Å². The Morgan fingerprint density at radius 1 is 1.00 bits per heavy atom. The number of benzene rings is 3. The van der Waals surface area contributed by atoms with E-state index in [2.05, 4.69) is 10.3 Å². The van der Waals surface area contributed by atoms with E-state index in [-0.39, 0.29) is 18.8 Å². The second-order valence-electron chi connectivity index (χ2n) is 9.09. The summed E-state index contributed by atoms with van der Waals surface area (Å²) in [6.45, 7) is 1.96. The molecular weight excluding hydrogens is 563 g/mol. The summed E-state index contributed by atoms with van der Waals surface area (Å²) >= 11 is 19.4. The van der Waals surface area contributed by atoms with Crippen LogP contribution >= 0.6 is 34.8 Å². The van der Waals surface area contributed by atoms with Gasteiger partial charge in [-0.1, -0.05) is 69.4 Å². The number of nitrogens with zero attached hydrogens (tertiary/aromatic N) is 2. The monoisotopic (exact) mass is 584 g/mol. The SMILES string of the molecule is C/C(=N\OCc1ccccc1C(=O)O)c1ccc(OCc2c(-c3c(Cl)cccc3Cl)noc2C2CC2)cc1Cl. The van der Waals surface area contributed by atoms with Crippen molar-refractivity contribution in [2.45, 2.75) is 38.9 Å². The Hall–Kier alpha value is -3.52. The highest BCUT2D eigenvalue weighted by Crippen LogP contribution is 2.46. The number of oxime groups is 1. The zero-order chi connectivity index (χ0) is 27.5. The number of aromatic carboxylic acids is 1. The zero-order valence-corrected chi connectivity index (χ0v) is 23.1. The van der Waals surface area contributed by atoms with Crippen LogP contribution in [0.4, 0.5) is 0 Å². The molecule has 0 saturated heterocycles. The van der Waals surface area contributed by atoms with E-state index in [9.17, 15) is 9.90 Å². The second kappa shape index (κ2) is 11.7. The average molecular weight is 586 g/mol. The fourth-order valence-corrected chi connectivity index (χ4v) is 5.07. The maximum absolute atomic E-state index is 11.4. The van der Waals surface area contributed by atoms with Crippen LogP contribution in [-0.2, 0) is 18.1 Å². The van der Waals surface area contributed by atoms with E-state index in [1.54, 1.807) is 61.5 Å². The van der Waals surface area contributed by atoms with Gasteiger partial charge in [-0.15, -0.1) is 0 Å². The lowest BCUT2D eigenvalue weighted by molar-refractivity contribution is 0.0688. The van der Waals surface area contributed by atoms with Crippen molar-refractivity contribution < 1.29 is 24.0 Å². The van der Waals surface area contributed by atoms with Crippen molar-refractivity contribution in [2.75, 3.05) is 0 Å². The van der Waals surface area contributed by atoms with E-state index < -0.39 is 5.97 Å². The van der Waals surface area contributed by atoms with Gasteiger partial charge in [-0.05, 0) is 56.2 Å². The van der Waals surface area contributed by atoms with E-state index in [1.807, 2.05) is 0 Å². The Labute approximate surface area is 239 Å². The van der Waals surface area contributed by atoms with Gasteiger partial charge in [0.25, 0.3) is 0 Å². The van der Waals surface area contributed by atoms with Crippen molar-refractivity contribution in [1.29, 1.82) is 0 Å². The highest BCUT2D eigenvalue weighted by atomic mass is 35.5. The normalized spacial score (nSPS) is 13.4. The zero-order valence-electron chi connectivity index (χ0n) is 20.8. The number of halogens is 3. The first-order valence-electron chi connectivity index (χ1n) is 12.2. The molecule has 200 valence electrons. The van der Waals surface area contributed by atoms with Crippen LogP contribution in [0.15, 0.2) is 70.3 Å². The van der Waals surface area contributed by atoms with E-state index in [0.717, 1.165) is 24.2 Å². The molecule has 7 nitrogen and oxygen atoms in total. The molecule has 1 aromatic heterocycles. The molecule has 4 aromatic rings. The third-order valence-corrected chi connectivity index (χ3v) is 7.29. The van der Waals surface area contributed by atoms with Gasteiger partial charge in [-0.2, -0.15) is 0 Å². The Balaban J connectivity index is 1.30. The minimum atomic E-state index is -1.02. The molecule has 5 rings (SSSR count). The van der Waals surface area contributed by atoms with Gasteiger partial charge in [0.1, 0.15) is 30.4 Å². The highest BCUT2D eigenvalue weighted by molar-refractivity contribution is 6.39. The summed E-state index contributed by atoms with van der Waals surface area (Å²) in [5, 5.41) is 19.1. The van der Waals surface area contributed by atoms with E-state index in [0.29, 0.717) is 54.8 Å². The molecule has 0 bridgehead atoms. The number of ether oxygens (including phenoxy) is 1. The quantitative estimate of drug-likeness (QED) is 0.148. The van der Waals surface area contributed by atoms with Gasteiger partial charge < -0.3 is 19.2 Å². The average Bonchev–Trinajstić information content (AvgIpc) is 3.67. The number of carboxylic acids is 1. The summed E-state index contributed by atoms with van der Waals surface area (Å²) in [5.41, 5.74) is 3.87. The minimum absolute atomic E-state index is 0.0124. The molecule has 3 aromatic carbocycles. The van der Waals surface area contributed by atoms with Crippen molar-refractivity contribution in [2.24, 2.45) is 5.16 Å². The lowest BCUT2D eigenvalue weighted by Crippen LogP contribution is -2.04. The Morgan fingerprint density at radius 2 is 1.74 bits per heavy atom. The summed E-state index contributed by atoms with van der Waals surface area (Å²) in [5.74, 6) is 0.616. The van der Waals surface area contributed by atoms with Gasteiger partial charge in [-0.3, -0.25) is 0 Å². The van der Waals surface area contributed by atoms with E-state index >= 15 is 0 Å². The Kier molecular flexibility index (Phi) is 8.12.